The van der Waals surface area contributed by atoms with Crippen LogP contribution in [-0.4, -0.2) is 38.3 Å². The number of sulfonamides is 1. The van der Waals surface area contributed by atoms with E-state index in [1.54, 1.807) is 13.0 Å². The Morgan fingerprint density at radius 1 is 1.43 bits per heavy atom. The molecule has 21 heavy (non-hydrogen) atoms. The zero-order valence-corrected chi connectivity index (χ0v) is 14.3. The van der Waals surface area contributed by atoms with E-state index in [4.69, 9.17) is 5.73 Å². The highest BCUT2D eigenvalue weighted by molar-refractivity contribution is 9.10. The molecule has 1 heterocycles. The second-order valence-electron chi connectivity index (χ2n) is 5.09. The number of nitrogens with one attached hydrogen (secondary N) is 1. The largest absolute Gasteiger partial charge is 0.329 e. The SMILES string of the molecule is C[C@@H](CN)N(C)S(=O)(=O)c1cc2c(cc1Br)CCC(=O)N2. The average molecular weight is 376 g/mol. The normalized spacial score (nSPS) is 16.5. The fourth-order valence-corrected chi connectivity index (χ4v) is 4.56. The maximum Gasteiger partial charge on any atom is 0.244 e. The number of carbonyl (C=O) groups is 1. The van der Waals surface area contributed by atoms with Crippen molar-refractivity contribution < 1.29 is 13.2 Å². The lowest BCUT2D eigenvalue weighted by Gasteiger charge is -2.25. The topological polar surface area (TPSA) is 92.5 Å². The van der Waals surface area contributed by atoms with Crippen LogP contribution in [0.4, 0.5) is 5.69 Å². The van der Waals surface area contributed by atoms with Crippen LogP contribution < -0.4 is 11.1 Å². The first-order chi connectivity index (χ1) is 9.77. The van der Waals surface area contributed by atoms with Crippen molar-refractivity contribution in [3.63, 3.8) is 0 Å². The Balaban J connectivity index is 2.49. The highest BCUT2D eigenvalue weighted by Crippen LogP contribution is 2.33. The third-order valence-corrected chi connectivity index (χ3v) is 6.60. The second kappa shape index (κ2) is 6.04. The number of hydrogen-bond acceptors (Lipinski definition) is 4. The second-order valence-corrected chi connectivity index (χ2v) is 7.91. The van der Waals surface area contributed by atoms with Gasteiger partial charge in [-0.15, -0.1) is 0 Å². The smallest absolute Gasteiger partial charge is 0.244 e. The van der Waals surface area contributed by atoms with Crippen LogP contribution in [0.1, 0.15) is 18.9 Å². The van der Waals surface area contributed by atoms with Gasteiger partial charge in [0.05, 0.1) is 4.90 Å². The van der Waals surface area contributed by atoms with Gasteiger partial charge in [-0.1, -0.05) is 0 Å². The molecule has 8 heteroatoms. The van der Waals surface area contributed by atoms with E-state index < -0.39 is 10.0 Å². The van der Waals surface area contributed by atoms with Crippen LogP contribution >= 0.6 is 15.9 Å². The third kappa shape index (κ3) is 3.13. The Labute approximate surface area is 132 Å². The lowest BCUT2D eigenvalue weighted by molar-refractivity contribution is -0.116. The Bertz CT molecular complexity index is 675. The summed E-state index contributed by atoms with van der Waals surface area (Å²) in [7, 11) is -2.18. The minimum absolute atomic E-state index is 0.100. The molecule has 0 saturated carbocycles. The number of benzene rings is 1. The van der Waals surface area contributed by atoms with Crippen molar-refractivity contribution in [1.82, 2.24) is 4.31 Å². The number of rotatable bonds is 4. The molecular weight excluding hydrogens is 358 g/mol. The molecule has 0 bridgehead atoms. The van der Waals surface area contributed by atoms with Gasteiger partial charge < -0.3 is 11.1 Å². The first-order valence-corrected chi connectivity index (χ1v) is 8.81. The highest BCUT2D eigenvalue weighted by Gasteiger charge is 2.28. The Morgan fingerprint density at radius 2 is 2.10 bits per heavy atom. The molecule has 1 aliphatic heterocycles. The number of nitrogens with zero attached hydrogens (tertiary/aromatic N) is 1. The maximum atomic E-state index is 12.6. The summed E-state index contributed by atoms with van der Waals surface area (Å²) in [6.07, 6.45) is 1.02. The van der Waals surface area contributed by atoms with Gasteiger partial charge in [-0.25, -0.2) is 8.42 Å². The molecule has 2 rings (SSSR count). The molecule has 0 aliphatic carbocycles. The van der Waals surface area contributed by atoms with Crippen molar-refractivity contribution in [2.45, 2.75) is 30.7 Å². The van der Waals surface area contributed by atoms with E-state index in [0.717, 1.165) is 5.56 Å². The summed E-state index contributed by atoms with van der Waals surface area (Å²) in [6.45, 7) is 1.97. The van der Waals surface area contributed by atoms with Gasteiger partial charge in [-0.2, -0.15) is 4.31 Å². The Hall–Kier alpha value is -0.960. The maximum absolute atomic E-state index is 12.6. The molecule has 0 aromatic heterocycles. The van der Waals surface area contributed by atoms with Crippen molar-refractivity contribution in [3.05, 3.63) is 22.2 Å². The van der Waals surface area contributed by atoms with Gasteiger partial charge in [-0.3, -0.25) is 4.79 Å². The van der Waals surface area contributed by atoms with Crippen LogP contribution in [0.5, 0.6) is 0 Å². The lowest BCUT2D eigenvalue weighted by atomic mass is 10.0. The molecule has 6 nitrogen and oxygen atoms in total. The number of nitrogens with two attached hydrogens (primary N) is 1. The number of halogens is 1. The number of anilines is 1. The van der Waals surface area contributed by atoms with Crippen LogP contribution in [-0.2, 0) is 21.2 Å². The fourth-order valence-electron chi connectivity index (χ4n) is 2.12. The summed E-state index contributed by atoms with van der Waals surface area (Å²) in [5.41, 5.74) is 7.02. The molecule has 1 aromatic carbocycles. The van der Waals surface area contributed by atoms with Gasteiger partial charge in [0.25, 0.3) is 0 Å². The zero-order valence-electron chi connectivity index (χ0n) is 11.9. The predicted octanol–water partition coefficient (Wildman–Crippen LogP) is 1.30. The highest BCUT2D eigenvalue weighted by atomic mass is 79.9. The minimum atomic E-state index is -3.68. The van der Waals surface area contributed by atoms with E-state index >= 15 is 0 Å². The molecular formula is C13H18BrN3O3S. The molecule has 1 atom stereocenters. The van der Waals surface area contributed by atoms with Gasteiger partial charge in [0.15, 0.2) is 0 Å². The summed E-state index contributed by atoms with van der Waals surface area (Å²) in [5, 5.41) is 2.71. The minimum Gasteiger partial charge on any atom is -0.329 e. The fraction of sp³-hybridized carbons (Fsp3) is 0.462. The average Bonchev–Trinajstić information content (AvgIpc) is 2.45. The molecule has 0 saturated heterocycles. The first kappa shape index (κ1) is 16.4. The number of hydrogen-bond donors (Lipinski definition) is 2. The van der Waals surface area contributed by atoms with Gasteiger partial charge in [-0.05, 0) is 47.0 Å². The molecule has 0 spiro atoms. The van der Waals surface area contributed by atoms with E-state index in [0.29, 0.717) is 23.0 Å². The number of fused-ring (bicyclic) bond motifs is 1. The lowest BCUT2D eigenvalue weighted by Crippen LogP contribution is -2.39. The van der Waals surface area contributed by atoms with Crippen LogP contribution in [0, 0.1) is 0 Å². The summed E-state index contributed by atoms with van der Waals surface area (Å²) in [6, 6.07) is 2.95. The van der Waals surface area contributed by atoms with Gasteiger partial charge in [0.1, 0.15) is 0 Å². The zero-order chi connectivity index (χ0) is 15.8. The van der Waals surface area contributed by atoms with Crippen molar-refractivity contribution >= 4 is 37.5 Å². The quantitative estimate of drug-likeness (QED) is 0.829. The number of carbonyl (C=O) groups excluding carboxylic acids is 1. The molecule has 1 aromatic rings. The summed E-state index contributed by atoms with van der Waals surface area (Å²) in [4.78, 5) is 11.6. The predicted molar refractivity (Wildman–Crippen MR) is 84.6 cm³/mol. The molecule has 0 radical (unpaired) electrons. The van der Waals surface area contributed by atoms with E-state index in [1.807, 2.05) is 0 Å². The molecule has 3 N–H and O–H groups in total. The molecule has 116 valence electrons. The molecule has 1 amide bonds. The molecule has 1 aliphatic rings. The van der Waals surface area contributed by atoms with Crippen LogP contribution in [0.25, 0.3) is 0 Å². The van der Waals surface area contributed by atoms with Gasteiger partial charge >= 0.3 is 0 Å². The van der Waals surface area contributed by atoms with E-state index in [9.17, 15) is 13.2 Å². The van der Waals surface area contributed by atoms with Crippen LogP contribution in [0.2, 0.25) is 0 Å². The van der Waals surface area contributed by atoms with Crippen molar-refractivity contribution in [2.24, 2.45) is 5.73 Å². The number of likely N-dealkylation sites (N-methyl/N-ethyl adjacent to an activating group) is 1. The van der Waals surface area contributed by atoms with Crippen molar-refractivity contribution in [1.29, 1.82) is 0 Å². The van der Waals surface area contributed by atoms with Gasteiger partial charge in [0, 0.05) is 36.2 Å². The van der Waals surface area contributed by atoms with Gasteiger partial charge in [0.2, 0.25) is 15.9 Å². The molecule has 0 unspecified atom stereocenters. The summed E-state index contributed by atoms with van der Waals surface area (Å²) in [5.74, 6) is -0.100. The van der Waals surface area contributed by atoms with Crippen molar-refractivity contribution in [2.75, 3.05) is 18.9 Å². The van der Waals surface area contributed by atoms with Crippen molar-refractivity contribution in [3.8, 4) is 0 Å². The number of amides is 1. The van der Waals surface area contributed by atoms with E-state index in [2.05, 4.69) is 21.2 Å². The number of aryl methyl sites for hydroxylation is 1. The third-order valence-electron chi connectivity index (χ3n) is 3.67. The first-order valence-electron chi connectivity index (χ1n) is 6.57. The van der Waals surface area contributed by atoms with Crippen LogP contribution in [0.3, 0.4) is 0 Å². The Kier molecular flexibility index (Phi) is 4.72. The van der Waals surface area contributed by atoms with Crippen LogP contribution in [0.15, 0.2) is 21.5 Å². The van der Waals surface area contributed by atoms with E-state index in [-0.39, 0.29) is 23.4 Å². The summed E-state index contributed by atoms with van der Waals surface area (Å²) < 4.78 is 27.0. The van der Waals surface area contributed by atoms with E-state index in [1.165, 1.54) is 17.4 Å². The standard InChI is InChI=1S/C13H18BrN3O3S/c1-8(7-15)17(2)21(19,20)12-6-11-9(5-10(12)14)3-4-13(18)16-11/h5-6,8H,3-4,7,15H2,1-2H3,(H,16,18)/t8-/m0/s1. The summed E-state index contributed by atoms with van der Waals surface area (Å²) >= 11 is 3.32. The monoisotopic (exact) mass is 375 g/mol. The molecule has 0 fully saturated rings. The Morgan fingerprint density at radius 3 is 2.71 bits per heavy atom.